The van der Waals surface area contributed by atoms with E-state index in [-0.39, 0.29) is 11.0 Å². The van der Waals surface area contributed by atoms with Crippen LogP contribution in [0.2, 0.25) is 0 Å². The van der Waals surface area contributed by atoms with Crippen LogP contribution in [0.5, 0.6) is 0 Å². The summed E-state index contributed by atoms with van der Waals surface area (Å²) in [6.45, 7) is 2.96. The average Bonchev–Trinajstić information content (AvgIpc) is 2.68. The molecule has 0 aliphatic carbocycles. The Hall–Kier alpha value is -2.28. The molecule has 0 bridgehead atoms. The second kappa shape index (κ2) is 6.79. The Kier molecular flexibility index (Phi) is 4.48. The number of sulfonamides is 1. The molecule has 26 heavy (non-hydrogen) atoms. The molecule has 134 valence electrons. The van der Waals surface area contributed by atoms with Crippen molar-refractivity contribution in [1.82, 2.24) is 9.29 Å². The lowest BCUT2D eigenvalue weighted by Gasteiger charge is -2.32. The van der Waals surface area contributed by atoms with E-state index in [0.29, 0.717) is 25.2 Å². The summed E-state index contributed by atoms with van der Waals surface area (Å²) in [7, 11) is -3.65. The SMILES string of the molecule is Cc1cnc2c(S(=O)(=O)N3CCOC(c4ccccc4)C3)cccc2c1. The van der Waals surface area contributed by atoms with Crippen molar-refractivity contribution in [3.63, 3.8) is 0 Å². The molecule has 1 unspecified atom stereocenters. The van der Waals surface area contributed by atoms with E-state index >= 15 is 0 Å². The van der Waals surface area contributed by atoms with Crippen LogP contribution in [-0.4, -0.2) is 37.4 Å². The van der Waals surface area contributed by atoms with Gasteiger partial charge in [-0.25, -0.2) is 8.42 Å². The Labute approximate surface area is 153 Å². The summed E-state index contributed by atoms with van der Waals surface area (Å²) in [6.07, 6.45) is 1.44. The largest absolute Gasteiger partial charge is 0.371 e. The second-order valence-corrected chi connectivity index (χ2v) is 8.38. The average molecular weight is 368 g/mol. The number of hydrogen-bond donors (Lipinski definition) is 0. The molecule has 0 amide bonds. The maximum absolute atomic E-state index is 13.3. The highest BCUT2D eigenvalue weighted by Crippen LogP contribution is 2.29. The number of rotatable bonds is 3. The Bertz CT molecular complexity index is 1040. The Morgan fingerprint density at radius 1 is 1.12 bits per heavy atom. The Morgan fingerprint density at radius 3 is 2.73 bits per heavy atom. The number of benzene rings is 2. The molecule has 1 saturated heterocycles. The summed E-state index contributed by atoms with van der Waals surface area (Å²) >= 11 is 0. The number of morpholine rings is 1. The highest BCUT2D eigenvalue weighted by atomic mass is 32.2. The van der Waals surface area contributed by atoms with Crippen LogP contribution >= 0.6 is 0 Å². The first-order chi connectivity index (χ1) is 12.6. The lowest BCUT2D eigenvalue weighted by molar-refractivity contribution is -0.00253. The molecule has 1 aliphatic heterocycles. The standard InChI is InChI=1S/C20H20N2O3S/c1-15-12-17-8-5-9-19(20(17)21-13-15)26(23,24)22-10-11-25-18(14-22)16-6-3-2-4-7-16/h2-9,12-13,18H,10-11,14H2,1H3. The van der Waals surface area contributed by atoms with Gasteiger partial charge in [0.2, 0.25) is 10.0 Å². The predicted molar refractivity (Wildman–Crippen MR) is 100 cm³/mol. The topological polar surface area (TPSA) is 59.5 Å². The summed E-state index contributed by atoms with van der Waals surface area (Å²) < 4.78 is 33.9. The van der Waals surface area contributed by atoms with Gasteiger partial charge < -0.3 is 4.74 Å². The molecule has 2 aromatic carbocycles. The number of hydrogen-bond acceptors (Lipinski definition) is 4. The third kappa shape index (κ3) is 3.11. The minimum absolute atomic E-state index is 0.253. The monoisotopic (exact) mass is 368 g/mol. The van der Waals surface area contributed by atoms with Gasteiger partial charge in [-0.2, -0.15) is 4.31 Å². The number of aryl methyl sites for hydroxylation is 1. The van der Waals surface area contributed by atoms with Crippen LogP contribution in [0.15, 0.2) is 65.7 Å². The summed E-state index contributed by atoms with van der Waals surface area (Å²) in [6, 6.07) is 17.0. The van der Waals surface area contributed by atoms with Gasteiger partial charge >= 0.3 is 0 Å². The number of ether oxygens (including phenoxy) is 1. The van der Waals surface area contributed by atoms with Gasteiger partial charge in [0.05, 0.1) is 18.2 Å². The van der Waals surface area contributed by atoms with Crippen molar-refractivity contribution < 1.29 is 13.2 Å². The van der Waals surface area contributed by atoms with Gasteiger partial charge in [0.15, 0.2) is 0 Å². The number of fused-ring (bicyclic) bond motifs is 1. The molecule has 0 N–H and O–H groups in total. The van der Waals surface area contributed by atoms with Crippen molar-refractivity contribution in [3.8, 4) is 0 Å². The maximum atomic E-state index is 13.3. The van der Waals surface area contributed by atoms with Crippen molar-refractivity contribution in [2.75, 3.05) is 19.7 Å². The molecular weight excluding hydrogens is 348 g/mol. The second-order valence-electron chi connectivity index (χ2n) is 6.47. The van der Waals surface area contributed by atoms with Crippen LogP contribution < -0.4 is 0 Å². The van der Waals surface area contributed by atoms with Crippen molar-refractivity contribution in [2.45, 2.75) is 17.9 Å². The van der Waals surface area contributed by atoms with E-state index < -0.39 is 10.0 Å². The molecule has 3 aromatic rings. The lowest BCUT2D eigenvalue weighted by atomic mass is 10.1. The molecule has 1 aromatic heterocycles. The van der Waals surface area contributed by atoms with Crippen molar-refractivity contribution in [3.05, 3.63) is 71.9 Å². The Balaban J connectivity index is 1.71. The van der Waals surface area contributed by atoms with E-state index in [0.717, 1.165) is 16.5 Å². The molecule has 1 aliphatic rings. The van der Waals surface area contributed by atoms with Crippen LogP contribution in [0.4, 0.5) is 0 Å². The van der Waals surface area contributed by atoms with Crippen LogP contribution in [0.3, 0.4) is 0 Å². The molecule has 1 fully saturated rings. The number of aromatic nitrogens is 1. The summed E-state index contributed by atoms with van der Waals surface area (Å²) in [5, 5.41) is 0.832. The van der Waals surface area contributed by atoms with Crippen molar-refractivity contribution in [2.24, 2.45) is 0 Å². The lowest BCUT2D eigenvalue weighted by Crippen LogP contribution is -2.42. The smallest absolute Gasteiger partial charge is 0.245 e. The normalized spacial score (nSPS) is 18.9. The maximum Gasteiger partial charge on any atom is 0.245 e. The van der Waals surface area contributed by atoms with Crippen molar-refractivity contribution in [1.29, 1.82) is 0 Å². The van der Waals surface area contributed by atoms with Gasteiger partial charge in [0.25, 0.3) is 0 Å². The van der Waals surface area contributed by atoms with Gasteiger partial charge in [-0.3, -0.25) is 4.98 Å². The molecule has 0 saturated carbocycles. The molecule has 1 atom stereocenters. The predicted octanol–water partition coefficient (Wildman–Crippen LogP) is 3.31. The van der Waals surface area contributed by atoms with Gasteiger partial charge in [-0.05, 0) is 30.2 Å². The first kappa shape index (κ1) is 17.1. The first-order valence-electron chi connectivity index (χ1n) is 8.58. The third-order valence-corrected chi connectivity index (χ3v) is 6.53. The van der Waals surface area contributed by atoms with Crippen molar-refractivity contribution >= 4 is 20.9 Å². The molecule has 0 spiro atoms. The van der Waals surface area contributed by atoms with Crippen LogP contribution in [0.1, 0.15) is 17.2 Å². The van der Waals surface area contributed by atoms with E-state index in [2.05, 4.69) is 4.98 Å². The number of nitrogens with zero attached hydrogens (tertiary/aromatic N) is 2. The fraction of sp³-hybridized carbons (Fsp3) is 0.250. The van der Waals surface area contributed by atoms with Gasteiger partial charge in [0, 0.05) is 24.7 Å². The quantitative estimate of drug-likeness (QED) is 0.712. The molecule has 6 heteroatoms. The zero-order valence-electron chi connectivity index (χ0n) is 14.5. The zero-order chi connectivity index (χ0) is 18.1. The summed E-state index contributed by atoms with van der Waals surface area (Å²) in [5.74, 6) is 0. The van der Waals surface area contributed by atoms with E-state index in [9.17, 15) is 8.42 Å². The van der Waals surface area contributed by atoms with Crippen LogP contribution in [0, 0.1) is 6.92 Å². The summed E-state index contributed by atoms with van der Waals surface area (Å²) in [5.41, 5.74) is 2.50. The number of para-hydroxylation sites is 1. The minimum atomic E-state index is -3.65. The van der Waals surface area contributed by atoms with Crippen LogP contribution in [-0.2, 0) is 14.8 Å². The molecule has 2 heterocycles. The Morgan fingerprint density at radius 2 is 1.92 bits per heavy atom. The highest BCUT2D eigenvalue weighted by Gasteiger charge is 2.32. The summed E-state index contributed by atoms with van der Waals surface area (Å²) in [4.78, 5) is 4.64. The van der Waals surface area contributed by atoms with Gasteiger partial charge in [0.1, 0.15) is 4.90 Å². The first-order valence-corrected chi connectivity index (χ1v) is 10.0. The fourth-order valence-electron chi connectivity index (χ4n) is 3.30. The molecule has 5 nitrogen and oxygen atoms in total. The molecule has 4 rings (SSSR count). The van der Waals surface area contributed by atoms with E-state index in [1.54, 1.807) is 18.3 Å². The third-order valence-electron chi connectivity index (χ3n) is 4.63. The highest BCUT2D eigenvalue weighted by molar-refractivity contribution is 7.89. The van der Waals surface area contributed by atoms with Crippen LogP contribution in [0.25, 0.3) is 10.9 Å². The molecule has 0 radical (unpaired) electrons. The molecular formula is C20H20N2O3S. The van der Waals surface area contributed by atoms with E-state index in [4.69, 9.17) is 4.74 Å². The van der Waals surface area contributed by atoms with E-state index in [1.165, 1.54) is 4.31 Å². The van der Waals surface area contributed by atoms with Gasteiger partial charge in [-0.1, -0.05) is 42.5 Å². The zero-order valence-corrected chi connectivity index (χ0v) is 15.3. The minimum Gasteiger partial charge on any atom is -0.371 e. The van der Waals surface area contributed by atoms with E-state index in [1.807, 2.05) is 49.4 Å². The fourth-order valence-corrected chi connectivity index (χ4v) is 4.89. The van der Waals surface area contributed by atoms with Gasteiger partial charge in [-0.15, -0.1) is 0 Å². The number of pyridine rings is 1.